The van der Waals surface area contributed by atoms with Crippen LogP contribution in [0.25, 0.3) is 10.2 Å². The maximum absolute atomic E-state index is 13.7. The quantitative estimate of drug-likeness (QED) is 0.370. The predicted molar refractivity (Wildman–Crippen MR) is 138 cm³/mol. The predicted octanol–water partition coefficient (Wildman–Crippen LogP) is 4.94. The minimum atomic E-state index is -3.54. The lowest BCUT2D eigenvalue weighted by molar-refractivity contribution is 0.0985. The molecule has 0 aliphatic carbocycles. The molecule has 0 N–H and O–H groups in total. The van der Waals surface area contributed by atoms with Crippen molar-refractivity contribution < 1.29 is 13.2 Å². The topological polar surface area (TPSA) is 83.5 Å². The van der Waals surface area contributed by atoms with Crippen LogP contribution in [0, 0.1) is 13.8 Å². The molecule has 35 heavy (non-hydrogen) atoms. The molecule has 0 radical (unpaired) electrons. The number of anilines is 1. The van der Waals surface area contributed by atoms with Crippen molar-refractivity contribution in [3.63, 3.8) is 0 Å². The zero-order valence-corrected chi connectivity index (χ0v) is 21.3. The number of thiazole rings is 1. The van der Waals surface area contributed by atoms with E-state index in [0.717, 1.165) is 39.7 Å². The smallest absolute Gasteiger partial charge is 0.260 e. The number of aromatic nitrogens is 2. The van der Waals surface area contributed by atoms with Crippen LogP contribution in [0.1, 0.15) is 39.9 Å². The Morgan fingerprint density at radius 2 is 1.80 bits per heavy atom. The third kappa shape index (κ3) is 4.59. The van der Waals surface area contributed by atoms with E-state index in [1.165, 1.54) is 27.8 Å². The average molecular weight is 507 g/mol. The summed E-state index contributed by atoms with van der Waals surface area (Å²) < 4.78 is 28.3. The monoisotopic (exact) mass is 506 g/mol. The van der Waals surface area contributed by atoms with Gasteiger partial charge in [-0.1, -0.05) is 23.5 Å². The lowest BCUT2D eigenvalue weighted by Gasteiger charge is -2.20. The molecule has 4 aromatic rings. The Morgan fingerprint density at radius 1 is 1.06 bits per heavy atom. The van der Waals surface area contributed by atoms with Gasteiger partial charge in [0.1, 0.15) is 0 Å². The van der Waals surface area contributed by atoms with Crippen molar-refractivity contribution in [1.82, 2.24) is 14.3 Å². The Kier molecular flexibility index (Phi) is 6.39. The molecule has 2 aromatic heterocycles. The van der Waals surface area contributed by atoms with E-state index in [-0.39, 0.29) is 10.8 Å². The van der Waals surface area contributed by atoms with Crippen LogP contribution < -0.4 is 4.90 Å². The van der Waals surface area contributed by atoms with Crippen molar-refractivity contribution >= 4 is 42.6 Å². The fourth-order valence-electron chi connectivity index (χ4n) is 4.23. The summed E-state index contributed by atoms with van der Waals surface area (Å²) in [6, 6.07) is 14.1. The van der Waals surface area contributed by atoms with Crippen LogP contribution in [-0.2, 0) is 16.6 Å². The summed E-state index contributed by atoms with van der Waals surface area (Å²) in [5.74, 6) is -0.243. The second kappa shape index (κ2) is 9.49. The first kappa shape index (κ1) is 23.6. The second-order valence-corrected chi connectivity index (χ2v) is 11.7. The molecule has 0 unspecified atom stereocenters. The first-order chi connectivity index (χ1) is 16.8. The van der Waals surface area contributed by atoms with Gasteiger partial charge in [-0.25, -0.2) is 13.4 Å². The van der Waals surface area contributed by atoms with E-state index >= 15 is 0 Å². The average Bonchev–Trinajstić information content (AvgIpc) is 3.57. The van der Waals surface area contributed by atoms with Gasteiger partial charge in [-0.2, -0.15) is 4.31 Å². The molecule has 1 fully saturated rings. The normalized spacial score (nSPS) is 14.5. The van der Waals surface area contributed by atoms with Crippen molar-refractivity contribution in [3.05, 3.63) is 83.2 Å². The van der Waals surface area contributed by atoms with E-state index in [1.807, 2.05) is 32.0 Å². The zero-order valence-electron chi connectivity index (χ0n) is 19.6. The number of carbonyl (C=O) groups excluding carboxylic acids is 1. The van der Waals surface area contributed by atoms with Gasteiger partial charge in [0.05, 0.1) is 21.7 Å². The Labute approximate surface area is 209 Å². The fourth-order valence-corrected chi connectivity index (χ4v) is 6.77. The number of hydrogen-bond acceptors (Lipinski definition) is 6. The van der Waals surface area contributed by atoms with Gasteiger partial charge in [0, 0.05) is 31.0 Å². The highest BCUT2D eigenvalue weighted by Crippen LogP contribution is 2.33. The molecule has 0 bridgehead atoms. The standard InChI is InChI=1S/C26H26N4O3S2/c1-18-7-12-23-24(19(18)2)28-26(34-23)30(17-20-6-5-13-27-16-20)25(31)21-8-10-22(11-9-21)35(32,33)29-14-3-4-15-29/h5-13,16H,3-4,14-15,17H2,1-2H3. The van der Waals surface area contributed by atoms with Gasteiger partial charge in [0.15, 0.2) is 5.13 Å². The number of nitrogens with zero attached hydrogens (tertiary/aromatic N) is 4. The molecular weight excluding hydrogens is 480 g/mol. The van der Waals surface area contributed by atoms with E-state index < -0.39 is 10.0 Å². The molecule has 5 rings (SSSR count). The summed E-state index contributed by atoms with van der Waals surface area (Å²) in [4.78, 5) is 24.6. The summed E-state index contributed by atoms with van der Waals surface area (Å²) in [6.07, 6.45) is 5.17. The van der Waals surface area contributed by atoms with Crippen LogP contribution in [0.4, 0.5) is 5.13 Å². The van der Waals surface area contributed by atoms with Crippen LogP contribution in [-0.4, -0.2) is 41.7 Å². The molecule has 1 aliphatic rings. The van der Waals surface area contributed by atoms with Crippen molar-refractivity contribution in [2.24, 2.45) is 0 Å². The molecule has 1 aliphatic heterocycles. The van der Waals surface area contributed by atoms with E-state index in [0.29, 0.717) is 30.3 Å². The summed E-state index contributed by atoms with van der Waals surface area (Å²) in [5.41, 5.74) is 4.41. The van der Waals surface area contributed by atoms with Crippen LogP contribution >= 0.6 is 11.3 Å². The first-order valence-corrected chi connectivity index (χ1v) is 13.8. The lowest BCUT2D eigenvalue weighted by atomic mass is 10.1. The van der Waals surface area contributed by atoms with Crippen molar-refractivity contribution in [3.8, 4) is 0 Å². The fraction of sp³-hybridized carbons (Fsp3) is 0.269. The van der Waals surface area contributed by atoms with Gasteiger partial charge in [-0.15, -0.1) is 0 Å². The summed E-state index contributed by atoms with van der Waals surface area (Å²) in [7, 11) is -3.54. The number of sulfonamides is 1. The molecule has 1 amide bonds. The first-order valence-electron chi connectivity index (χ1n) is 11.5. The third-order valence-electron chi connectivity index (χ3n) is 6.42. The van der Waals surface area contributed by atoms with Crippen LogP contribution in [0.2, 0.25) is 0 Å². The molecule has 0 spiro atoms. The van der Waals surface area contributed by atoms with Gasteiger partial charge in [0.25, 0.3) is 5.91 Å². The molecule has 9 heteroatoms. The molecular formula is C26H26N4O3S2. The highest BCUT2D eigenvalue weighted by Gasteiger charge is 2.28. The van der Waals surface area contributed by atoms with Crippen LogP contribution in [0.5, 0.6) is 0 Å². The third-order valence-corrected chi connectivity index (χ3v) is 9.37. The molecule has 2 aromatic carbocycles. The van der Waals surface area contributed by atoms with Crippen molar-refractivity contribution in [1.29, 1.82) is 0 Å². The van der Waals surface area contributed by atoms with E-state index in [2.05, 4.69) is 11.1 Å². The highest BCUT2D eigenvalue weighted by molar-refractivity contribution is 7.89. The molecule has 7 nitrogen and oxygen atoms in total. The summed E-state index contributed by atoms with van der Waals surface area (Å²) in [6.45, 7) is 5.47. The van der Waals surface area contributed by atoms with E-state index in [4.69, 9.17) is 4.98 Å². The molecule has 180 valence electrons. The molecule has 3 heterocycles. The maximum Gasteiger partial charge on any atom is 0.260 e. The molecule has 0 saturated carbocycles. The number of aryl methyl sites for hydroxylation is 2. The largest absolute Gasteiger partial charge is 0.279 e. The van der Waals surface area contributed by atoms with Crippen LogP contribution in [0.15, 0.2) is 65.8 Å². The number of amides is 1. The zero-order chi connectivity index (χ0) is 24.6. The van der Waals surface area contributed by atoms with Gasteiger partial charge in [0.2, 0.25) is 10.0 Å². The minimum Gasteiger partial charge on any atom is -0.279 e. The van der Waals surface area contributed by atoms with E-state index in [1.54, 1.807) is 29.4 Å². The number of hydrogen-bond donors (Lipinski definition) is 0. The highest BCUT2D eigenvalue weighted by atomic mass is 32.2. The summed E-state index contributed by atoms with van der Waals surface area (Å²) in [5, 5.41) is 0.594. The SMILES string of the molecule is Cc1ccc2sc(N(Cc3cccnc3)C(=O)c3ccc(S(=O)(=O)N4CCCC4)cc3)nc2c1C. The Bertz CT molecular complexity index is 1480. The number of fused-ring (bicyclic) bond motifs is 1. The number of rotatable bonds is 6. The maximum atomic E-state index is 13.7. The van der Waals surface area contributed by atoms with Crippen molar-refractivity contribution in [2.75, 3.05) is 18.0 Å². The number of carbonyl (C=O) groups is 1. The second-order valence-electron chi connectivity index (χ2n) is 8.74. The van der Waals surface area contributed by atoms with Crippen molar-refractivity contribution in [2.45, 2.75) is 38.1 Å². The molecule has 1 saturated heterocycles. The minimum absolute atomic E-state index is 0.209. The lowest BCUT2D eigenvalue weighted by Crippen LogP contribution is -2.31. The Hall–Kier alpha value is -3.14. The molecule has 0 atom stereocenters. The summed E-state index contributed by atoms with van der Waals surface area (Å²) >= 11 is 1.47. The Morgan fingerprint density at radius 3 is 2.49 bits per heavy atom. The van der Waals surface area contributed by atoms with E-state index in [9.17, 15) is 13.2 Å². The number of pyridine rings is 1. The number of benzene rings is 2. The van der Waals surface area contributed by atoms with Gasteiger partial charge in [-0.3, -0.25) is 14.7 Å². The Balaban J connectivity index is 1.50. The van der Waals surface area contributed by atoms with Gasteiger partial charge in [-0.05, 0) is 79.8 Å². The van der Waals surface area contributed by atoms with Crippen LogP contribution in [0.3, 0.4) is 0 Å². The van der Waals surface area contributed by atoms with Gasteiger partial charge >= 0.3 is 0 Å². The van der Waals surface area contributed by atoms with Gasteiger partial charge < -0.3 is 0 Å².